The molecule has 0 spiro atoms. The molecule has 1 N–H and O–H groups in total. The van der Waals surface area contributed by atoms with Crippen molar-refractivity contribution in [2.24, 2.45) is 0 Å². The van der Waals surface area contributed by atoms with Crippen molar-refractivity contribution in [3.63, 3.8) is 0 Å². The van der Waals surface area contributed by atoms with Gasteiger partial charge in [-0.05, 0) is 31.9 Å². The highest BCUT2D eigenvalue weighted by Gasteiger charge is 2.23. The molecule has 0 saturated carbocycles. The number of amides is 1. The summed E-state index contributed by atoms with van der Waals surface area (Å²) >= 11 is 0. The summed E-state index contributed by atoms with van der Waals surface area (Å²) in [4.78, 5) is 15.6. The standard InChI is InChI=1S/C15H25N3O2/c1-12(14-5-4-10-20-14)16-13-6-8-18(9-7-13)11-15(19)17(2)3/h4-5,10,12-13,16H,6-9,11H2,1-3H3. The summed E-state index contributed by atoms with van der Waals surface area (Å²) < 4.78 is 5.41. The number of likely N-dealkylation sites (N-methyl/N-ethyl adjacent to an activating group) is 1. The van der Waals surface area contributed by atoms with Gasteiger partial charge in [0.25, 0.3) is 0 Å². The van der Waals surface area contributed by atoms with E-state index in [4.69, 9.17) is 4.42 Å². The zero-order chi connectivity index (χ0) is 14.5. The molecule has 20 heavy (non-hydrogen) atoms. The third-order valence-corrected chi connectivity index (χ3v) is 3.90. The van der Waals surface area contributed by atoms with Crippen LogP contribution in [0.15, 0.2) is 22.8 Å². The predicted molar refractivity (Wildman–Crippen MR) is 78.4 cm³/mol. The smallest absolute Gasteiger partial charge is 0.236 e. The molecule has 1 amide bonds. The largest absolute Gasteiger partial charge is 0.468 e. The number of likely N-dealkylation sites (tertiary alicyclic amines) is 1. The van der Waals surface area contributed by atoms with Crippen molar-refractivity contribution in [2.75, 3.05) is 33.7 Å². The highest BCUT2D eigenvalue weighted by Crippen LogP contribution is 2.17. The summed E-state index contributed by atoms with van der Waals surface area (Å²) in [5.41, 5.74) is 0. The molecule has 0 bridgehead atoms. The highest BCUT2D eigenvalue weighted by atomic mass is 16.3. The molecule has 1 unspecified atom stereocenters. The summed E-state index contributed by atoms with van der Waals surface area (Å²) in [7, 11) is 3.61. The van der Waals surface area contributed by atoms with Crippen molar-refractivity contribution in [2.45, 2.75) is 31.8 Å². The summed E-state index contributed by atoms with van der Waals surface area (Å²) in [5, 5.41) is 3.60. The Morgan fingerprint density at radius 1 is 1.50 bits per heavy atom. The molecule has 1 aliphatic heterocycles. The van der Waals surface area contributed by atoms with Crippen LogP contribution in [0.25, 0.3) is 0 Å². The van der Waals surface area contributed by atoms with E-state index in [1.807, 2.05) is 26.2 Å². The molecule has 1 saturated heterocycles. The number of carbonyl (C=O) groups is 1. The number of piperidine rings is 1. The Kier molecular flexibility index (Phi) is 5.20. The highest BCUT2D eigenvalue weighted by molar-refractivity contribution is 5.77. The van der Waals surface area contributed by atoms with Crippen molar-refractivity contribution in [1.82, 2.24) is 15.1 Å². The molecular weight excluding hydrogens is 254 g/mol. The van der Waals surface area contributed by atoms with Crippen LogP contribution in [-0.2, 0) is 4.79 Å². The van der Waals surface area contributed by atoms with Crippen LogP contribution in [-0.4, -0.2) is 55.5 Å². The number of rotatable bonds is 5. The molecule has 2 rings (SSSR count). The summed E-state index contributed by atoms with van der Waals surface area (Å²) in [6, 6.07) is 4.66. The number of furan rings is 1. The molecule has 1 aromatic heterocycles. The fourth-order valence-electron chi connectivity index (χ4n) is 2.56. The van der Waals surface area contributed by atoms with Crippen molar-refractivity contribution in [1.29, 1.82) is 0 Å². The number of nitrogens with one attached hydrogen (secondary N) is 1. The van der Waals surface area contributed by atoms with E-state index in [1.165, 1.54) is 0 Å². The lowest BCUT2D eigenvalue weighted by atomic mass is 10.0. The maximum absolute atomic E-state index is 11.7. The second-order valence-electron chi connectivity index (χ2n) is 5.74. The molecule has 1 atom stereocenters. The van der Waals surface area contributed by atoms with E-state index in [9.17, 15) is 4.79 Å². The quantitative estimate of drug-likeness (QED) is 0.887. The fourth-order valence-corrected chi connectivity index (χ4v) is 2.56. The first-order chi connectivity index (χ1) is 9.56. The molecule has 5 heteroatoms. The maximum atomic E-state index is 11.7. The van der Waals surface area contributed by atoms with Gasteiger partial charge in [-0.15, -0.1) is 0 Å². The summed E-state index contributed by atoms with van der Waals surface area (Å²) in [5.74, 6) is 1.16. The lowest BCUT2D eigenvalue weighted by Gasteiger charge is -2.33. The van der Waals surface area contributed by atoms with Gasteiger partial charge in [0.05, 0.1) is 18.8 Å². The summed E-state index contributed by atoms with van der Waals surface area (Å²) in [6.45, 7) is 4.61. The van der Waals surface area contributed by atoms with E-state index < -0.39 is 0 Å². The zero-order valence-corrected chi connectivity index (χ0v) is 12.6. The van der Waals surface area contributed by atoms with E-state index in [2.05, 4.69) is 17.1 Å². The monoisotopic (exact) mass is 279 g/mol. The normalized spacial score (nSPS) is 18.9. The Morgan fingerprint density at radius 2 is 2.20 bits per heavy atom. The van der Waals surface area contributed by atoms with Gasteiger partial charge in [-0.25, -0.2) is 0 Å². The first kappa shape index (κ1) is 15.1. The average molecular weight is 279 g/mol. The Labute approximate surface area is 120 Å². The van der Waals surface area contributed by atoms with Crippen LogP contribution in [0.5, 0.6) is 0 Å². The fraction of sp³-hybridized carbons (Fsp3) is 0.667. The minimum Gasteiger partial charge on any atom is -0.468 e. The van der Waals surface area contributed by atoms with Crippen molar-refractivity contribution in [3.8, 4) is 0 Å². The molecule has 1 aromatic rings. The van der Waals surface area contributed by atoms with E-state index in [1.54, 1.807) is 11.2 Å². The van der Waals surface area contributed by atoms with E-state index in [0.29, 0.717) is 12.6 Å². The van der Waals surface area contributed by atoms with Crippen LogP contribution in [0.2, 0.25) is 0 Å². The van der Waals surface area contributed by atoms with Crippen LogP contribution in [0, 0.1) is 0 Å². The second-order valence-corrected chi connectivity index (χ2v) is 5.74. The number of nitrogens with zero attached hydrogens (tertiary/aromatic N) is 2. The van der Waals surface area contributed by atoms with Crippen LogP contribution in [0.4, 0.5) is 0 Å². The molecule has 0 radical (unpaired) electrons. The van der Waals surface area contributed by atoms with Gasteiger partial charge in [0.1, 0.15) is 5.76 Å². The lowest BCUT2D eigenvalue weighted by molar-refractivity contribution is -0.130. The van der Waals surface area contributed by atoms with Gasteiger partial charge in [0, 0.05) is 33.2 Å². The lowest BCUT2D eigenvalue weighted by Crippen LogP contribution is -2.46. The van der Waals surface area contributed by atoms with Gasteiger partial charge < -0.3 is 14.6 Å². The average Bonchev–Trinajstić information content (AvgIpc) is 2.95. The molecule has 1 fully saturated rings. The number of hydrogen-bond donors (Lipinski definition) is 1. The predicted octanol–water partition coefficient (Wildman–Crippen LogP) is 1.48. The minimum absolute atomic E-state index is 0.181. The Balaban J connectivity index is 1.73. The van der Waals surface area contributed by atoms with Gasteiger partial charge in [0.15, 0.2) is 0 Å². The van der Waals surface area contributed by atoms with Crippen molar-refractivity contribution in [3.05, 3.63) is 24.2 Å². The second kappa shape index (κ2) is 6.90. The van der Waals surface area contributed by atoms with Crippen molar-refractivity contribution < 1.29 is 9.21 Å². The van der Waals surface area contributed by atoms with Gasteiger partial charge in [-0.2, -0.15) is 0 Å². The van der Waals surface area contributed by atoms with Gasteiger partial charge >= 0.3 is 0 Å². The Morgan fingerprint density at radius 3 is 2.75 bits per heavy atom. The Hall–Kier alpha value is -1.33. The van der Waals surface area contributed by atoms with E-state index >= 15 is 0 Å². The van der Waals surface area contributed by atoms with Crippen LogP contribution < -0.4 is 5.32 Å². The number of hydrogen-bond acceptors (Lipinski definition) is 4. The van der Waals surface area contributed by atoms with Crippen LogP contribution in [0.3, 0.4) is 0 Å². The van der Waals surface area contributed by atoms with Gasteiger partial charge in [-0.1, -0.05) is 0 Å². The first-order valence-electron chi connectivity index (χ1n) is 7.28. The molecule has 1 aliphatic rings. The van der Waals surface area contributed by atoms with Gasteiger partial charge in [0.2, 0.25) is 5.91 Å². The SMILES string of the molecule is CC(NC1CCN(CC(=O)N(C)C)CC1)c1ccco1. The van der Waals surface area contributed by atoms with E-state index in [-0.39, 0.29) is 11.9 Å². The first-order valence-corrected chi connectivity index (χ1v) is 7.28. The Bertz CT molecular complexity index is 409. The molecular formula is C15H25N3O2. The van der Waals surface area contributed by atoms with Crippen LogP contribution >= 0.6 is 0 Å². The van der Waals surface area contributed by atoms with Crippen LogP contribution in [0.1, 0.15) is 31.6 Å². The summed E-state index contributed by atoms with van der Waals surface area (Å²) in [6.07, 6.45) is 3.86. The molecule has 5 nitrogen and oxygen atoms in total. The molecule has 0 aromatic carbocycles. The third kappa shape index (κ3) is 4.08. The van der Waals surface area contributed by atoms with Gasteiger partial charge in [-0.3, -0.25) is 9.69 Å². The van der Waals surface area contributed by atoms with E-state index in [0.717, 1.165) is 31.7 Å². The zero-order valence-electron chi connectivity index (χ0n) is 12.6. The topological polar surface area (TPSA) is 48.7 Å². The van der Waals surface area contributed by atoms with Crippen molar-refractivity contribution >= 4 is 5.91 Å². The molecule has 2 heterocycles. The third-order valence-electron chi connectivity index (χ3n) is 3.90. The molecule has 0 aliphatic carbocycles. The molecule has 112 valence electrons. The maximum Gasteiger partial charge on any atom is 0.236 e. The minimum atomic E-state index is 0.181. The number of carbonyl (C=O) groups excluding carboxylic acids is 1.